The summed E-state index contributed by atoms with van der Waals surface area (Å²) in [5.41, 5.74) is 2.35. The van der Waals surface area contributed by atoms with Crippen LogP contribution in [0.4, 0.5) is 5.69 Å². The Balaban J connectivity index is 2.11. The summed E-state index contributed by atoms with van der Waals surface area (Å²) in [7, 11) is -0.988. The fraction of sp³-hybridized carbons (Fsp3) is 0.375. The van der Waals surface area contributed by atoms with Gasteiger partial charge in [-0.3, -0.25) is 13.9 Å². The number of benzene rings is 3. The molecule has 0 aliphatic carbocycles. The molecule has 0 heterocycles. The van der Waals surface area contributed by atoms with Gasteiger partial charge in [0.15, 0.2) is 11.5 Å². The molecule has 1 atom stereocenters. The highest BCUT2D eigenvalue weighted by Crippen LogP contribution is 2.32. The summed E-state index contributed by atoms with van der Waals surface area (Å²) in [5, 5.41) is 3.02. The maximum absolute atomic E-state index is 14.3. The van der Waals surface area contributed by atoms with E-state index in [1.807, 2.05) is 82.3 Å². The first-order valence-electron chi connectivity index (χ1n) is 13.6. The van der Waals surface area contributed by atoms with Gasteiger partial charge in [-0.15, -0.1) is 0 Å². The number of methoxy groups -OCH3 is 2. The third-order valence-corrected chi connectivity index (χ3v) is 7.85. The molecule has 0 spiro atoms. The molecule has 1 N–H and O–H groups in total. The molecule has 2 amide bonds. The summed E-state index contributed by atoms with van der Waals surface area (Å²) in [4.78, 5) is 29.6. The smallest absolute Gasteiger partial charge is 0.244 e. The van der Waals surface area contributed by atoms with Gasteiger partial charge in [-0.1, -0.05) is 54.6 Å². The van der Waals surface area contributed by atoms with Gasteiger partial charge < -0.3 is 19.7 Å². The van der Waals surface area contributed by atoms with Crippen molar-refractivity contribution in [2.75, 3.05) is 31.3 Å². The van der Waals surface area contributed by atoms with E-state index in [2.05, 4.69) is 5.32 Å². The van der Waals surface area contributed by atoms with Crippen molar-refractivity contribution in [2.45, 2.75) is 52.2 Å². The number of sulfonamides is 1. The molecule has 0 saturated heterocycles. The number of anilines is 1. The number of nitrogens with one attached hydrogen (secondary N) is 1. The second-order valence-corrected chi connectivity index (χ2v) is 13.1. The zero-order chi connectivity index (χ0) is 31.1. The van der Waals surface area contributed by atoms with Crippen LogP contribution in [0.2, 0.25) is 0 Å². The van der Waals surface area contributed by atoms with Crippen LogP contribution in [0.3, 0.4) is 0 Å². The number of nitrogens with zero attached hydrogens (tertiary/aromatic N) is 2. The molecular formula is C32H41N3O6S. The van der Waals surface area contributed by atoms with Gasteiger partial charge in [-0.05, 0) is 56.5 Å². The Labute approximate surface area is 249 Å². The SMILES string of the molecule is COc1ccc(N(CC(=O)N(Cc2ccccc2C)[C@H](Cc2ccccc2)C(=O)NC(C)(C)C)S(C)(=O)=O)cc1OC. The number of amides is 2. The average Bonchev–Trinajstić information content (AvgIpc) is 2.93. The standard InChI is InChI=1S/C32H41N3O6S/c1-23-13-11-12-16-25(23)21-34(27(31(37)33-32(2,3)4)19-24-14-9-8-10-15-24)30(36)22-35(42(7,38)39)26-17-18-28(40-5)29(20-26)41-6/h8-18,20,27H,19,21-22H2,1-7H3,(H,33,37)/t27-/m1/s1. The Morgan fingerprint density at radius 2 is 1.52 bits per heavy atom. The lowest BCUT2D eigenvalue weighted by Crippen LogP contribution is -2.56. The lowest BCUT2D eigenvalue weighted by Gasteiger charge is -2.35. The van der Waals surface area contributed by atoms with E-state index in [9.17, 15) is 18.0 Å². The van der Waals surface area contributed by atoms with E-state index in [1.54, 1.807) is 12.1 Å². The summed E-state index contributed by atoms with van der Waals surface area (Å²) >= 11 is 0. The third-order valence-electron chi connectivity index (χ3n) is 6.71. The fourth-order valence-electron chi connectivity index (χ4n) is 4.57. The topological polar surface area (TPSA) is 105 Å². The van der Waals surface area contributed by atoms with E-state index >= 15 is 0 Å². The van der Waals surface area contributed by atoms with Crippen LogP contribution in [-0.2, 0) is 32.6 Å². The summed E-state index contributed by atoms with van der Waals surface area (Å²) < 4.78 is 37.8. The van der Waals surface area contributed by atoms with E-state index in [0.29, 0.717) is 11.5 Å². The Morgan fingerprint density at radius 3 is 2.10 bits per heavy atom. The van der Waals surface area contributed by atoms with Crippen LogP contribution >= 0.6 is 0 Å². The van der Waals surface area contributed by atoms with Crippen LogP contribution in [0.5, 0.6) is 11.5 Å². The second-order valence-electron chi connectivity index (χ2n) is 11.2. The van der Waals surface area contributed by atoms with Crippen molar-refractivity contribution in [1.82, 2.24) is 10.2 Å². The number of rotatable bonds is 12. The normalized spacial score (nSPS) is 12.3. The Kier molecular flexibility index (Phi) is 10.6. The molecule has 0 aliphatic rings. The fourth-order valence-corrected chi connectivity index (χ4v) is 5.41. The minimum atomic E-state index is -3.92. The number of carbonyl (C=O) groups is 2. The van der Waals surface area contributed by atoms with Crippen molar-refractivity contribution in [3.63, 3.8) is 0 Å². The second kappa shape index (κ2) is 13.7. The number of hydrogen-bond acceptors (Lipinski definition) is 6. The van der Waals surface area contributed by atoms with E-state index < -0.39 is 34.1 Å². The van der Waals surface area contributed by atoms with E-state index in [-0.39, 0.29) is 24.6 Å². The molecule has 0 aliphatic heterocycles. The Morgan fingerprint density at radius 1 is 0.905 bits per heavy atom. The highest BCUT2D eigenvalue weighted by molar-refractivity contribution is 7.92. The highest BCUT2D eigenvalue weighted by atomic mass is 32.2. The van der Waals surface area contributed by atoms with Gasteiger partial charge in [-0.25, -0.2) is 8.42 Å². The molecule has 3 aromatic rings. The van der Waals surface area contributed by atoms with Crippen molar-refractivity contribution >= 4 is 27.5 Å². The van der Waals surface area contributed by atoms with Gasteiger partial charge in [0.2, 0.25) is 21.8 Å². The van der Waals surface area contributed by atoms with Crippen molar-refractivity contribution in [3.05, 3.63) is 89.5 Å². The number of ether oxygens (including phenoxy) is 2. The minimum Gasteiger partial charge on any atom is -0.493 e. The predicted molar refractivity (Wildman–Crippen MR) is 165 cm³/mol. The molecule has 226 valence electrons. The van der Waals surface area contributed by atoms with Crippen LogP contribution in [-0.4, -0.2) is 63.7 Å². The van der Waals surface area contributed by atoms with Crippen LogP contribution < -0.4 is 19.1 Å². The Bertz CT molecular complexity index is 1490. The molecule has 3 rings (SSSR count). The molecule has 0 fully saturated rings. The van der Waals surface area contributed by atoms with Gasteiger partial charge >= 0.3 is 0 Å². The van der Waals surface area contributed by atoms with E-state index in [1.165, 1.54) is 25.2 Å². The predicted octanol–water partition coefficient (Wildman–Crippen LogP) is 4.33. The molecule has 3 aromatic carbocycles. The van der Waals surface area contributed by atoms with Gasteiger partial charge in [-0.2, -0.15) is 0 Å². The Hall–Kier alpha value is -4.05. The van der Waals surface area contributed by atoms with Crippen molar-refractivity contribution in [2.24, 2.45) is 0 Å². The molecule has 0 aromatic heterocycles. The lowest BCUT2D eigenvalue weighted by atomic mass is 10.00. The van der Waals surface area contributed by atoms with E-state index in [4.69, 9.17) is 9.47 Å². The molecule has 0 unspecified atom stereocenters. The number of hydrogen-bond donors (Lipinski definition) is 1. The average molecular weight is 596 g/mol. The first-order chi connectivity index (χ1) is 19.7. The van der Waals surface area contributed by atoms with Crippen LogP contribution in [0.1, 0.15) is 37.5 Å². The van der Waals surface area contributed by atoms with Gasteiger partial charge in [0.1, 0.15) is 12.6 Å². The van der Waals surface area contributed by atoms with Gasteiger partial charge in [0.05, 0.1) is 26.2 Å². The minimum absolute atomic E-state index is 0.115. The van der Waals surface area contributed by atoms with Gasteiger partial charge in [0, 0.05) is 24.6 Å². The molecular weight excluding hydrogens is 554 g/mol. The van der Waals surface area contributed by atoms with Gasteiger partial charge in [0.25, 0.3) is 0 Å². The summed E-state index contributed by atoms with van der Waals surface area (Å²) in [6.45, 7) is 7.16. The lowest BCUT2D eigenvalue weighted by molar-refractivity contribution is -0.140. The number of aryl methyl sites for hydroxylation is 1. The summed E-state index contributed by atoms with van der Waals surface area (Å²) in [5.74, 6) is -0.114. The highest BCUT2D eigenvalue weighted by Gasteiger charge is 2.34. The molecule has 9 nitrogen and oxygen atoms in total. The monoisotopic (exact) mass is 595 g/mol. The van der Waals surface area contributed by atoms with Crippen molar-refractivity contribution in [3.8, 4) is 11.5 Å². The van der Waals surface area contributed by atoms with Crippen molar-refractivity contribution < 1.29 is 27.5 Å². The molecule has 0 bridgehead atoms. The number of carbonyl (C=O) groups excluding carboxylic acids is 2. The van der Waals surface area contributed by atoms with Crippen molar-refractivity contribution in [1.29, 1.82) is 0 Å². The molecule has 0 saturated carbocycles. The van der Waals surface area contributed by atoms with Crippen LogP contribution in [0.15, 0.2) is 72.8 Å². The largest absolute Gasteiger partial charge is 0.493 e. The maximum atomic E-state index is 14.3. The quantitative estimate of drug-likeness (QED) is 0.334. The molecule has 0 radical (unpaired) electrons. The summed E-state index contributed by atoms with van der Waals surface area (Å²) in [6.07, 6.45) is 1.28. The first kappa shape index (κ1) is 32.5. The maximum Gasteiger partial charge on any atom is 0.244 e. The first-order valence-corrected chi connectivity index (χ1v) is 15.5. The summed E-state index contributed by atoms with van der Waals surface area (Å²) in [6, 6.07) is 20.8. The third kappa shape index (κ3) is 8.72. The molecule has 10 heteroatoms. The van der Waals surface area contributed by atoms with Crippen LogP contribution in [0, 0.1) is 6.92 Å². The zero-order valence-electron chi connectivity index (χ0n) is 25.4. The van der Waals surface area contributed by atoms with E-state index in [0.717, 1.165) is 27.3 Å². The molecule has 42 heavy (non-hydrogen) atoms. The van der Waals surface area contributed by atoms with Crippen LogP contribution in [0.25, 0.3) is 0 Å². The zero-order valence-corrected chi connectivity index (χ0v) is 26.2.